The minimum absolute atomic E-state index is 0.684. The fraction of sp³-hybridized carbons (Fsp3) is 0.0714. The van der Waals surface area contributed by atoms with Crippen molar-refractivity contribution >= 4 is 16.7 Å². The topological polar surface area (TPSA) is 47.0 Å². The lowest BCUT2D eigenvalue weighted by atomic mass is 9.98. The lowest BCUT2D eigenvalue weighted by Crippen LogP contribution is -2.01. The van der Waals surface area contributed by atoms with Gasteiger partial charge >= 0.3 is 0 Å². The van der Waals surface area contributed by atoms with E-state index in [4.69, 9.17) is 9.72 Å². The van der Waals surface area contributed by atoms with Crippen LogP contribution in [0.1, 0.15) is 5.56 Å². The molecular formula is C28H23N3O. The van der Waals surface area contributed by atoms with Gasteiger partial charge in [-0.1, -0.05) is 72.8 Å². The number of benzene rings is 3. The Hall–Kier alpha value is -4.18. The second kappa shape index (κ2) is 8.90. The lowest BCUT2D eigenvalue weighted by molar-refractivity contribution is 0.414. The van der Waals surface area contributed by atoms with Crippen LogP contribution in [0.3, 0.4) is 0 Å². The van der Waals surface area contributed by atoms with Gasteiger partial charge in [0.15, 0.2) is 0 Å². The Morgan fingerprint density at radius 2 is 1.47 bits per heavy atom. The highest BCUT2D eigenvalue weighted by molar-refractivity contribution is 5.92. The second-order valence-electron chi connectivity index (χ2n) is 7.58. The summed E-state index contributed by atoms with van der Waals surface area (Å²) in [5.41, 5.74) is 6.34. The molecule has 0 radical (unpaired) electrons. The standard InChI is InChI=1S/C28H23N3O/c1-32-24-14-12-20(13-15-24)18-29-27-17-23-16-25(21-8-4-2-5-9-21)28(31-26(23)19-30-27)22-10-6-3-7-11-22/h2-17,19H,18H2,1H3,(H,29,30). The molecule has 4 nitrogen and oxygen atoms in total. The molecule has 0 saturated heterocycles. The van der Waals surface area contributed by atoms with Crippen molar-refractivity contribution in [3.63, 3.8) is 0 Å². The monoisotopic (exact) mass is 417 g/mol. The summed E-state index contributed by atoms with van der Waals surface area (Å²) in [6.07, 6.45) is 1.84. The van der Waals surface area contributed by atoms with Crippen LogP contribution in [0.5, 0.6) is 5.75 Å². The number of fused-ring (bicyclic) bond motifs is 1. The summed E-state index contributed by atoms with van der Waals surface area (Å²) < 4.78 is 5.23. The van der Waals surface area contributed by atoms with Crippen LogP contribution in [-0.2, 0) is 6.54 Å². The molecule has 0 saturated carbocycles. The van der Waals surface area contributed by atoms with Crippen LogP contribution in [0.15, 0.2) is 103 Å². The van der Waals surface area contributed by atoms with Crippen LogP contribution < -0.4 is 10.1 Å². The van der Waals surface area contributed by atoms with Crippen molar-refractivity contribution in [1.82, 2.24) is 9.97 Å². The number of methoxy groups -OCH3 is 1. The summed E-state index contributed by atoms with van der Waals surface area (Å²) in [5, 5.41) is 4.47. The number of hydrogen-bond donors (Lipinski definition) is 1. The van der Waals surface area contributed by atoms with E-state index in [0.29, 0.717) is 6.54 Å². The Morgan fingerprint density at radius 1 is 0.781 bits per heavy atom. The van der Waals surface area contributed by atoms with Crippen LogP contribution in [0.25, 0.3) is 33.3 Å². The van der Waals surface area contributed by atoms with Crippen molar-refractivity contribution in [2.24, 2.45) is 0 Å². The van der Waals surface area contributed by atoms with Crippen LogP contribution >= 0.6 is 0 Å². The van der Waals surface area contributed by atoms with Gasteiger partial charge in [0.1, 0.15) is 11.6 Å². The molecule has 5 aromatic rings. The first-order chi connectivity index (χ1) is 15.8. The van der Waals surface area contributed by atoms with Gasteiger partial charge in [0, 0.05) is 23.1 Å². The minimum atomic E-state index is 0.684. The number of rotatable bonds is 6. The van der Waals surface area contributed by atoms with Crippen molar-refractivity contribution < 1.29 is 4.74 Å². The minimum Gasteiger partial charge on any atom is -0.497 e. The summed E-state index contributed by atoms with van der Waals surface area (Å²) >= 11 is 0. The summed E-state index contributed by atoms with van der Waals surface area (Å²) in [6.45, 7) is 0.684. The molecule has 0 unspecified atom stereocenters. The van der Waals surface area contributed by atoms with Crippen molar-refractivity contribution in [2.75, 3.05) is 12.4 Å². The SMILES string of the molecule is COc1ccc(CNc2cc3cc(-c4ccccc4)c(-c4ccccc4)nc3cn2)cc1. The molecule has 0 aliphatic rings. The summed E-state index contributed by atoms with van der Waals surface area (Å²) in [6, 6.07) is 33.0. The number of ether oxygens (including phenoxy) is 1. The smallest absolute Gasteiger partial charge is 0.126 e. The lowest BCUT2D eigenvalue weighted by Gasteiger charge is -2.13. The fourth-order valence-electron chi connectivity index (χ4n) is 3.76. The second-order valence-corrected chi connectivity index (χ2v) is 7.58. The maximum atomic E-state index is 5.23. The first kappa shape index (κ1) is 19.8. The maximum absolute atomic E-state index is 5.23. The van der Waals surface area contributed by atoms with E-state index in [1.807, 2.05) is 54.7 Å². The molecule has 0 bridgehead atoms. The molecule has 5 rings (SSSR count). The molecule has 0 aliphatic carbocycles. The third kappa shape index (κ3) is 4.16. The number of anilines is 1. The number of nitrogens with zero attached hydrogens (tertiary/aromatic N) is 2. The Balaban J connectivity index is 1.51. The van der Waals surface area contributed by atoms with Crippen LogP contribution in [0.4, 0.5) is 5.82 Å². The molecule has 0 amide bonds. The molecule has 0 atom stereocenters. The van der Waals surface area contributed by atoms with E-state index < -0.39 is 0 Å². The van der Waals surface area contributed by atoms with Gasteiger partial charge in [-0.15, -0.1) is 0 Å². The van der Waals surface area contributed by atoms with E-state index in [0.717, 1.165) is 50.4 Å². The predicted octanol–water partition coefficient (Wildman–Crippen LogP) is 6.58. The van der Waals surface area contributed by atoms with Crippen LogP contribution in [-0.4, -0.2) is 17.1 Å². The molecule has 2 heterocycles. The molecular weight excluding hydrogens is 394 g/mol. The average Bonchev–Trinajstić information content (AvgIpc) is 2.88. The zero-order chi connectivity index (χ0) is 21.8. The first-order valence-electron chi connectivity index (χ1n) is 10.6. The van der Waals surface area contributed by atoms with Crippen molar-refractivity contribution in [3.8, 4) is 28.1 Å². The van der Waals surface area contributed by atoms with Gasteiger partial charge in [0.05, 0.1) is 24.5 Å². The zero-order valence-corrected chi connectivity index (χ0v) is 17.8. The number of hydrogen-bond acceptors (Lipinski definition) is 4. The van der Waals surface area contributed by atoms with Gasteiger partial charge in [-0.3, -0.25) is 0 Å². The van der Waals surface area contributed by atoms with E-state index in [1.165, 1.54) is 0 Å². The molecule has 156 valence electrons. The van der Waals surface area contributed by atoms with Crippen LogP contribution in [0.2, 0.25) is 0 Å². The molecule has 3 aromatic carbocycles. The largest absolute Gasteiger partial charge is 0.497 e. The molecule has 1 N–H and O–H groups in total. The van der Waals surface area contributed by atoms with Gasteiger partial charge in [-0.05, 0) is 35.4 Å². The highest BCUT2D eigenvalue weighted by Crippen LogP contribution is 2.33. The molecule has 0 spiro atoms. The van der Waals surface area contributed by atoms with Crippen LogP contribution in [0, 0.1) is 0 Å². The Labute approximate surface area is 187 Å². The quantitative estimate of drug-likeness (QED) is 0.339. The van der Waals surface area contributed by atoms with E-state index >= 15 is 0 Å². The summed E-state index contributed by atoms with van der Waals surface area (Å²) in [4.78, 5) is 9.59. The third-order valence-electron chi connectivity index (χ3n) is 5.47. The van der Waals surface area contributed by atoms with E-state index in [1.54, 1.807) is 7.11 Å². The average molecular weight is 418 g/mol. The maximum Gasteiger partial charge on any atom is 0.126 e. The van der Waals surface area contributed by atoms with Gasteiger partial charge in [-0.2, -0.15) is 0 Å². The van der Waals surface area contributed by atoms with E-state index in [2.05, 4.69) is 58.8 Å². The van der Waals surface area contributed by atoms with Crippen molar-refractivity contribution in [2.45, 2.75) is 6.54 Å². The highest BCUT2D eigenvalue weighted by atomic mass is 16.5. The Bertz CT molecular complexity index is 1330. The highest BCUT2D eigenvalue weighted by Gasteiger charge is 2.12. The molecule has 2 aromatic heterocycles. The van der Waals surface area contributed by atoms with Gasteiger partial charge in [-0.25, -0.2) is 9.97 Å². The predicted molar refractivity (Wildman–Crippen MR) is 131 cm³/mol. The number of pyridine rings is 2. The normalized spacial score (nSPS) is 10.8. The molecule has 0 aliphatic heterocycles. The fourth-order valence-corrected chi connectivity index (χ4v) is 3.76. The molecule has 32 heavy (non-hydrogen) atoms. The van der Waals surface area contributed by atoms with E-state index in [9.17, 15) is 0 Å². The summed E-state index contributed by atoms with van der Waals surface area (Å²) in [7, 11) is 1.67. The van der Waals surface area contributed by atoms with Gasteiger partial charge < -0.3 is 10.1 Å². The first-order valence-corrected chi connectivity index (χ1v) is 10.6. The van der Waals surface area contributed by atoms with Gasteiger partial charge in [0.2, 0.25) is 0 Å². The number of aromatic nitrogens is 2. The number of nitrogens with one attached hydrogen (secondary N) is 1. The third-order valence-corrected chi connectivity index (χ3v) is 5.47. The summed E-state index contributed by atoms with van der Waals surface area (Å²) in [5.74, 6) is 1.67. The Kier molecular flexibility index (Phi) is 5.50. The molecule has 4 heteroatoms. The van der Waals surface area contributed by atoms with Crippen molar-refractivity contribution in [3.05, 3.63) is 109 Å². The van der Waals surface area contributed by atoms with E-state index in [-0.39, 0.29) is 0 Å². The van der Waals surface area contributed by atoms with Crippen molar-refractivity contribution in [1.29, 1.82) is 0 Å². The van der Waals surface area contributed by atoms with Gasteiger partial charge in [0.25, 0.3) is 0 Å². The zero-order valence-electron chi connectivity index (χ0n) is 17.8. The Morgan fingerprint density at radius 3 is 2.16 bits per heavy atom. The molecule has 0 fully saturated rings.